The van der Waals surface area contributed by atoms with Crippen molar-refractivity contribution in [1.29, 1.82) is 0 Å². The molecule has 0 aliphatic heterocycles. The maximum Gasteiger partial charge on any atom is 0.433 e. The van der Waals surface area contributed by atoms with Gasteiger partial charge in [0.2, 0.25) is 0 Å². The quantitative estimate of drug-likeness (QED) is 0.665. The van der Waals surface area contributed by atoms with E-state index in [9.17, 15) is 22.8 Å². The molecule has 0 unspecified atom stereocenters. The van der Waals surface area contributed by atoms with E-state index in [-0.39, 0.29) is 16.5 Å². The molecule has 0 saturated heterocycles. The number of aromatic carboxylic acids is 1. The number of nitrogens with zero attached hydrogens (tertiary/aromatic N) is 1. The number of aromatic amines is 1. The van der Waals surface area contributed by atoms with Gasteiger partial charge >= 0.3 is 12.1 Å². The maximum atomic E-state index is 12.6. The number of halogens is 3. The van der Waals surface area contributed by atoms with Crippen molar-refractivity contribution in [1.82, 2.24) is 9.97 Å². The Morgan fingerprint density at radius 3 is 2.45 bits per heavy atom. The van der Waals surface area contributed by atoms with Crippen LogP contribution in [0.25, 0.3) is 0 Å². The molecule has 1 aromatic heterocycles. The lowest BCUT2D eigenvalue weighted by atomic mass is 10.1. The second-order valence-corrected chi connectivity index (χ2v) is 5.19. The van der Waals surface area contributed by atoms with Gasteiger partial charge in [-0.2, -0.15) is 13.2 Å². The first-order valence-corrected chi connectivity index (χ1v) is 6.88. The number of rotatable bonds is 4. The van der Waals surface area contributed by atoms with Gasteiger partial charge in [-0.3, -0.25) is 4.79 Å². The Kier molecular flexibility index (Phi) is 4.55. The van der Waals surface area contributed by atoms with Gasteiger partial charge in [0, 0.05) is 11.8 Å². The fourth-order valence-electron chi connectivity index (χ4n) is 1.54. The number of H-pyrrole nitrogens is 1. The molecular formula is C13H9F3N2O3S. The molecule has 0 spiro atoms. The average molecular weight is 330 g/mol. The van der Waals surface area contributed by atoms with E-state index in [1.54, 1.807) is 12.1 Å². The van der Waals surface area contributed by atoms with Crippen molar-refractivity contribution < 1.29 is 23.1 Å². The summed E-state index contributed by atoms with van der Waals surface area (Å²) in [5, 5.41) is 8.61. The smallest absolute Gasteiger partial charge is 0.433 e. The molecule has 0 atom stereocenters. The van der Waals surface area contributed by atoms with Crippen molar-refractivity contribution in [3.8, 4) is 0 Å². The minimum Gasteiger partial charge on any atom is -0.478 e. The van der Waals surface area contributed by atoms with Crippen LogP contribution in [0.2, 0.25) is 0 Å². The molecule has 5 nitrogen and oxygen atoms in total. The summed E-state index contributed by atoms with van der Waals surface area (Å²) < 4.78 is 37.7. The fourth-order valence-corrected chi connectivity index (χ4v) is 2.38. The van der Waals surface area contributed by atoms with E-state index in [0.717, 1.165) is 11.8 Å². The molecule has 2 aromatic rings. The second kappa shape index (κ2) is 6.22. The lowest BCUT2D eigenvalue weighted by molar-refractivity contribution is -0.141. The average Bonchev–Trinajstić information content (AvgIpc) is 2.44. The maximum absolute atomic E-state index is 12.6. The molecular weight excluding hydrogens is 321 g/mol. The van der Waals surface area contributed by atoms with Crippen LogP contribution in [-0.4, -0.2) is 21.0 Å². The normalized spacial score (nSPS) is 11.4. The number of aromatic nitrogens is 2. The molecule has 1 heterocycles. The largest absolute Gasteiger partial charge is 0.478 e. The highest BCUT2D eigenvalue weighted by molar-refractivity contribution is 7.98. The van der Waals surface area contributed by atoms with Gasteiger partial charge in [-0.1, -0.05) is 23.9 Å². The molecule has 0 aliphatic rings. The predicted molar refractivity (Wildman–Crippen MR) is 72.8 cm³/mol. The van der Waals surface area contributed by atoms with Crippen molar-refractivity contribution in [2.24, 2.45) is 0 Å². The van der Waals surface area contributed by atoms with E-state index in [4.69, 9.17) is 5.11 Å². The first kappa shape index (κ1) is 16.1. The first-order chi connectivity index (χ1) is 10.3. The molecule has 116 valence electrons. The minimum absolute atomic E-state index is 0.111. The molecule has 2 rings (SSSR count). The number of nitrogens with one attached hydrogen (secondary N) is 1. The number of hydrogen-bond donors (Lipinski definition) is 2. The fraction of sp³-hybridized carbons (Fsp3) is 0.154. The highest BCUT2D eigenvalue weighted by Crippen LogP contribution is 2.28. The van der Waals surface area contributed by atoms with E-state index >= 15 is 0 Å². The van der Waals surface area contributed by atoms with Crippen LogP contribution < -0.4 is 5.56 Å². The number of alkyl halides is 3. The summed E-state index contributed by atoms with van der Waals surface area (Å²) in [5.41, 5.74) is -1.33. The lowest BCUT2D eigenvalue weighted by Gasteiger charge is -2.07. The number of thioether (sulfide) groups is 1. The number of benzene rings is 1. The Balaban J connectivity index is 2.13. The van der Waals surface area contributed by atoms with Gasteiger partial charge in [0.1, 0.15) is 0 Å². The van der Waals surface area contributed by atoms with Crippen LogP contribution in [0.3, 0.4) is 0 Å². The number of carboxylic acid groups (broad SMARTS) is 1. The molecule has 0 bridgehead atoms. The zero-order valence-corrected chi connectivity index (χ0v) is 11.7. The Labute approximate surface area is 126 Å². The van der Waals surface area contributed by atoms with Crippen LogP contribution in [0.15, 0.2) is 40.3 Å². The molecule has 0 saturated carbocycles. The van der Waals surface area contributed by atoms with E-state index in [0.29, 0.717) is 11.6 Å². The highest BCUT2D eigenvalue weighted by Gasteiger charge is 2.33. The zero-order chi connectivity index (χ0) is 16.3. The summed E-state index contributed by atoms with van der Waals surface area (Å²) in [4.78, 5) is 27.5. The van der Waals surface area contributed by atoms with Crippen molar-refractivity contribution in [2.75, 3.05) is 0 Å². The van der Waals surface area contributed by atoms with Crippen LogP contribution in [0, 0.1) is 0 Å². The Morgan fingerprint density at radius 1 is 1.27 bits per heavy atom. The van der Waals surface area contributed by atoms with Gasteiger partial charge < -0.3 is 10.1 Å². The molecule has 22 heavy (non-hydrogen) atoms. The van der Waals surface area contributed by atoms with Crippen LogP contribution >= 0.6 is 11.8 Å². The summed E-state index contributed by atoms with van der Waals surface area (Å²) >= 11 is 0.918. The van der Waals surface area contributed by atoms with Crippen LogP contribution in [-0.2, 0) is 11.9 Å². The minimum atomic E-state index is -4.69. The summed E-state index contributed by atoms with van der Waals surface area (Å²) in [6, 6.07) is 6.26. The van der Waals surface area contributed by atoms with E-state index in [2.05, 4.69) is 9.97 Å². The Bertz CT molecular complexity index is 741. The lowest BCUT2D eigenvalue weighted by Crippen LogP contribution is -2.16. The third kappa shape index (κ3) is 4.10. The van der Waals surface area contributed by atoms with Gasteiger partial charge in [0.05, 0.1) is 5.56 Å². The number of hydrogen-bond acceptors (Lipinski definition) is 4. The van der Waals surface area contributed by atoms with Crippen molar-refractivity contribution >= 4 is 17.7 Å². The van der Waals surface area contributed by atoms with E-state index in [1.807, 2.05) is 0 Å². The molecule has 0 radical (unpaired) electrons. The Morgan fingerprint density at radius 2 is 1.91 bits per heavy atom. The van der Waals surface area contributed by atoms with E-state index < -0.39 is 23.4 Å². The monoisotopic (exact) mass is 330 g/mol. The van der Waals surface area contributed by atoms with Crippen molar-refractivity contribution in [3.63, 3.8) is 0 Å². The van der Waals surface area contributed by atoms with E-state index in [1.165, 1.54) is 12.1 Å². The molecule has 9 heteroatoms. The summed E-state index contributed by atoms with van der Waals surface area (Å²) in [7, 11) is 0. The molecule has 1 aromatic carbocycles. The van der Waals surface area contributed by atoms with Crippen molar-refractivity contribution in [2.45, 2.75) is 17.1 Å². The number of carboxylic acids is 1. The van der Waals surface area contributed by atoms with Gasteiger partial charge in [0.15, 0.2) is 10.9 Å². The third-order valence-corrected chi connectivity index (χ3v) is 3.53. The second-order valence-electron chi connectivity index (χ2n) is 4.22. The van der Waals surface area contributed by atoms with Crippen LogP contribution in [0.5, 0.6) is 0 Å². The molecule has 0 aliphatic carbocycles. The van der Waals surface area contributed by atoms with Gasteiger partial charge in [0.25, 0.3) is 5.56 Å². The molecule has 0 amide bonds. The van der Waals surface area contributed by atoms with Gasteiger partial charge in [-0.25, -0.2) is 9.78 Å². The molecule has 0 fully saturated rings. The predicted octanol–water partition coefficient (Wildman–Crippen LogP) is 2.78. The van der Waals surface area contributed by atoms with Crippen molar-refractivity contribution in [3.05, 3.63) is 57.5 Å². The highest BCUT2D eigenvalue weighted by atomic mass is 32.2. The van der Waals surface area contributed by atoms with Crippen LogP contribution in [0.4, 0.5) is 13.2 Å². The summed E-state index contributed by atoms with van der Waals surface area (Å²) in [6.07, 6.45) is -4.69. The van der Waals surface area contributed by atoms with Crippen LogP contribution in [0.1, 0.15) is 21.6 Å². The van der Waals surface area contributed by atoms with Gasteiger partial charge in [-0.15, -0.1) is 0 Å². The summed E-state index contributed by atoms with van der Waals surface area (Å²) in [5.74, 6) is -0.826. The third-order valence-electron chi connectivity index (χ3n) is 2.59. The Hall–Kier alpha value is -2.29. The standard InChI is InChI=1S/C13H9F3N2O3S/c14-13(15,16)9-5-10(19)18-12(17-9)22-6-7-1-3-8(4-2-7)11(20)21/h1-5H,6H2,(H,20,21)(H,17,18,19). The number of carbonyl (C=O) groups is 1. The summed E-state index contributed by atoms with van der Waals surface area (Å²) in [6.45, 7) is 0. The SMILES string of the molecule is O=C(O)c1ccc(CSc2nc(C(F)(F)F)cc(=O)[nH]2)cc1. The zero-order valence-electron chi connectivity index (χ0n) is 10.8. The topological polar surface area (TPSA) is 83.0 Å². The first-order valence-electron chi connectivity index (χ1n) is 5.89. The molecule has 2 N–H and O–H groups in total. The van der Waals surface area contributed by atoms with Gasteiger partial charge in [-0.05, 0) is 17.7 Å².